The minimum Gasteiger partial charge on any atom is -0.480 e. The summed E-state index contributed by atoms with van der Waals surface area (Å²) in [4.78, 5) is 92.2. The van der Waals surface area contributed by atoms with Gasteiger partial charge in [0.1, 0.15) is 30.2 Å². The van der Waals surface area contributed by atoms with Crippen molar-refractivity contribution >= 4 is 41.4 Å². The molecule has 6 atom stereocenters. The van der Waals surface area contributed by atoms with Crippen LogP contribution < -0.4 is 26.6 Å². The van der Waals surface area contributed by atoms with Gasteiger partial charge in [-0.3, -0.25) is 28.8 Å². The molecule has 0 rings (SSSR count). The highest BCUT2D eigenvalue weighted by Crippen LogP contribution is 2.17. The predicted molar refractivity (Wildman–Crippen MR) is 233 cm³/mol. The average Bonchev–Trinajstić information content (AvgIpc) is 3.12. The summed E-state index contributed by atoms with van der Waals surface area (Å²) in [7, 11) is 1.36. The van der Waals surface area contributed by atoms with Crippen LogP contribution in [0.1, 0.15) is 167 Å². The fourth-order valence-electron chi connectivity index (χ4n) is 6.39. The summed E-state index contributed by atoms with van der Waals surface area (Å²) in [6.07, 6.45) is 12.2. The molecule has 6 amide bonds. The average molecular weight is 855 g/mol. The van der Waals surface area contributed by atoms with Gasteiger partial charge in [-0.2, -0.15) is 0 Å². The number of carbonyl (C=O) groups is 7. The van der Waals surface area contributed by atoms with Gasteiger partial charge in [0.25, 0.3) is 0 Å². The van der Waals surface area contributed by atoms with Gasteiger partial charge in [-0.25, -0.2) is 4.79 Å². The predicted octanol–water partition coefficient (Wildman–Crippen LogP) is 4.76. The van der Waals surface area contributed by atoms with Crippen molar-refractivity contribution in [2.24, 2.45) is 5.92 Å². The van der Waals surface area contributed by atoms with Crippen LogP contribution in [0.15, 0.2) is 0 Å². The van der Waals surface area contributed by atoms with Gasteiger partial charge in [-0.05, 0) is 81.1 Å². The van der Waals surface area contributed by atoms with Crippen molar-refractivity contribution in [1.29, 1.82) is 0 Å². The monoisotopic (exact) mass is 855 g/mol. The molecule has 0 saturated heterocycles. The van der Waals surface area contributed by atoms with Crippen LogP contribution in [0.5, 0.6) is 0 Å². The second kappa shape index (κ2) is 28.7. The second-order valence-electron chi connectivity index (χ2n) is 18.4. The second-order valence-corrected chi connectivity index (χ2v) is 18.4. The molecule has 0 aromatic carbocycles. The minimum atomic E-state index is -1.26. The Morgan fingerprint density at radius 2 is 1.12 bits per heavy atom. The smallest absolute Gasteiger partial charge is 0.326 e. The SMILES string of the molecule is CCCCCCCCCCCCCC(=O)N[C@H](COC(C)(C)C)C(=O)N[C@H](C)C(=O)NCC(=O)N(C)[C@H](C(=O)N[C@@H](C)C(=O)N[C@@H](CC(C)C)C(=O)O)C(C)OC(C)(C)C. The van der Waals surface area contributed by atoms with Crippen molar-refractivity contribution in [1.82, 2.24) is 31.5 Å². The number of hydrogen-bond donors (Lipinski definition) is 6. The van der Waals surface area contributed by atoms with Crippen LogP contribution in [0.2, 0.25) is 0 Å². The molecule has 60 heavy (non-hydrogen) atoms. The molecular formula is C44H82N6O10. The van der Waals surface area contributed by atoms with Crippen molar-refractivity contribution in [2.45, 2.75) is 214 Å². The van der Waals surface area contributed by atoms with Crippen LogP contribution in [-0.4, -0.2) is 119 Å². The molecular weight excluding hydrogens is 773 g/mol. The van der Waals surface area contributed by atoms with Crippen molar-refractivity contribution in [3.05, 3.63) is 0 Å². The molecule has 0 saturated carbocycles. The standard InChI is InChI=1S/C44H82N6O10/c1-14-15-16-17-18-19-20-21-22-23-24-25-35(51)48-34(28-59-43(7,8)9)40(55)46-30(4)38(53)45-27-36(52)50(13)37(32(6)60-44(10,11)12)41(56)47-31(5)39(54)49-33(42(57)58)26-29(2)3/h29-34,37H,14-28H2,1-13H3,(H,45,53)(H,46,55)(H,47,56)(H,48,51)(H,49,54)(H,57,58)/t30-,31+,32?,33+,34-,37+/m1/s1. The first-order valence-corrected chi connectivity index (χ1v) is 22.1. The van der Waals surface area contributed by atoms with Gasteiger partial charge in [-0.15, -0.1) is 0 Å². The zero-order valence-electron chi connectivity index (χ0n) is 39.2. The van der Waals surface area contributed by atoms with Crippen LogP contribution >= 0.6 is 0 Å². The summed E-state index contributed by atoms with van der Waals surface area (Å²) in [6, 6.07) is -5.74. The van der Waals surface area contributed by atoms with E-state index in [2.05, 4.69) is 33.5 Å². The van der Waals surface area contributed by atoms with Gasteiger partial charge in [0.2, 0.25) is 35.4 Å². The van der Waals surface area contributed by atoms with Crippen LogP contribution in [0.25, 0.3) is 0 Å². The Kier molecular flexibility index (Phi) is 26.9. The Bertz CT molecular complexity index is 1350. The third kappa shape index (κ3) is 25.7. The fourth-order valence-corrected chi connectivity index (χ4v) is 6.39. The minimum absolute atomic E-state index is 0.0121. The number of aliphatic carboxylic acids is 1. The normalized spacial score (nSPS) is 14.8. The van der Waals surface area contributed by atoms with E-state index in [0.717, 1.165) is 24.2 Å². The first-order chi connectivity index (χ1) is 27.8. The number of rotatable bonds is 30. The first kappa shape index (κ1) is 56.2. The number of ether oxygens (including phenoxy) is 2. The molecule has 0 radical (unpaired) electrons. The van der Waals surface area contributed by atoms with E-state index in [9.17, 15) is 38.7 Å². The highest BCUT2D eigenvalue weighted by atomic mass is 16.5. The summed E-state index contributed by atoms with van der Waals surface area (Å²) < 4.78 is 11.8. The van der Waals surface area contributed by atoms with E-state index in [-0.39, 0.29) is 31.3 Å². The number of unbranched alkanes of at least 4 members (excludes halogenated alkanes) is 10. The molecule has 16 nitrogen and oxygen atoms in total. The molecule has 0 aliphatic rings. The van der Waals surface area contributed by atoms with Gasteiger partial charge < -0.3 is 46.1 Å². The molecule has 0 bridgehead atoms. The molecule has 0 spiro atoms. The maximum Gasteiger partial charge on any atom is 0.326 e. The molecule has 348 valence electrons. The topological polar surface area (TPSA) is 222 Å². The van der Waals surface area contributed by atoms with E-state index in [1.807, 2.05) is 34.6 Å². The van der Waals surface area contributed by atoms with E-state index in [1.54, 1.807) is 27.7 Å². The first-order valence-electron chi connectivity index (χ1n) is 22.1. The molecule has 0 aromatic heterocycles. The Balaban J connectivity index is 5.47. The maximum absolute atomic E-state index is 13.7. The Morgan fingerprint density at radius 1 is 0.617 bits per heavy atom. The summed E-state index contributed by atoms with van der Waals surface area (Å²) >= 11 is 0. The quantitative estimate of drug-likeness (QED) is 0.0544. The van der Waals surface area contributed by atoms with Crippen LogP contribution in [0.3, 0.4) is 0 Å². The Hall–Kier alpha value is -3.79. The Labute approximate surface area is 360 Å². The van der Waals surface area contributed by atoms with E-state index in [4.69, 9.17) is 9.47 Å². The molecule has 6 N–H and O–H groups in total. The lowest BCUT2D eigenvalue weighted by Gasteiger charge is -2.36. The van der Waals surface area contributed by atoms with Gasteiger partial charge in [0.05, 0.1) is 30.5 Å². The molecule has 0 aliphatic heterocycles. The Morgan fingerprint density at radius 3 is 1.60 bits per heavy atom. The van der Waals surface area contributed by atoms with Gasteiger partial charge in [0, 0.05) is 13.5 Å². The molecule has 0 fully saturated rings. The van der Waals surface area contributed by atoms with E-state index < -0.39 is 89.6 Å². The largest absolute Gasteiger partial charge is 0.480 e. The van der Waals surface area contributed by atoms with Gasteiger partial charge in [0.15, 0.2) is 0 Å². The molecule has 0 aliphatic carbocycles. The van der Waals surface area contributed by atoms with Crippen molar-refractivity contribution in [2.75, 3.05) is 20.2 Å². The number of hydrogen-bond acceptors (Lipinski definition) is 9. The zero-order chi connectivity index (χ0) is 46.2. The van der Waals surface area contributed by atoms with E-state index >= 15 is 0 Å². The highest BCUT2D eigenvalue weighted by Gasteiger charge is 2.37. The molecule has 0 aromatic rings. The lowest BCUT2D eigenvalue weighted by molar-refractivity contribution is -0.151. The number of amides is 6. The number of carboxylic acids is 1. The van der Waals surface area contributed by atoms with E-state index in [1.165, 1.54) is 65.8 Å². The van der Waals surface area contributed by atoms with Crippen molar-refractivity contribution in [3.63, 3.8) is 0 Å². The number of likely N-dealkylation sites (N-methyl/N-ethyl adjacent to an activating group) is 1. The fraction of sp³-hybridized carbons (Fsp3) is 0.841. The third-order valence-corrected chi connectivity index (χ3v) is 9.65. The number of nitrogens with zero attached hydrogens (tertiary/aromatic N) is 1. The number of nitrogens with one attached hydrogen (secondary N) is 5. The van der Waals surface area contributed by atoms with Crippen LogP contribution in [0.4, 0.5) is 0 Å². The number of carbonyl (C=O) groups excluding carboxylic acids is 6. The lowest BCUT2D eigenvalue weighted by Crippen LogP contribution is -2.60. The van der Waals surface area contributed by atoms with Crippen molar-refractivity contribution < 1.29 is 48.1 Å². The summed E-state index contributed by atoms with van der Waals surface area (Å²) in [5.41, 5.74) is -1.32. The summed E-state index contributed by atoms with van der Waals surface area (Å²) in [5, 5.41) is 22.4. The van der Waals surface area contributed by atoms with Crippen LogP contribution in [-0.2, 0) is 43.0 Å². The van der Waals surface area contributed by atoms with Gasteiger partial charge in [-0.1, -0.05) is 85.0 Å². The third-order valence-electron chi connectivity index (χ3n) is 9.65. The number of carboxylic acid groups (broad SMARTS) is 1. The lowest BCUT2D eigenvalue weighted by atomic mass is 10.0. The summed E-state index contributed by atoms with van der Waals surface area (Å²) in [6.45, 7) is 20.4. The zero-order valence-corrected chi connectivity index (χ0v) is 39.2. The molecule has 0 heterocycles. The summed E-state index contributed by atoms with van der Waals surface area (Å²) in [5.74, 6) is -4.93. The highest BCUT2D eigenvalue weighted by molar-refractivity contribution is 5.95. The van der Waals surface area contributed by atoms with E-state index in [0.29, 0.717) is 6.42 Å². The van der Waals surface area contributed by atoms with Crippen molar-refractivity contribution in [3.8, 4) is 0 Å². The van der Waals surface area contributed by atoms with Gasteiger partial charge >= 0.3 is 5.97 Å². The molecule has 16 heteroatoms. The molecule has 1 unspecified atom stereocenters. The maximum atomic E-state index is 13.7. The van der Waals surface area contributed by atoms with Crippen LogP contribution in [0, 0.1) is 5.92 Å².